The number of benzene rings is 3. The zero-order valence-electron chi connectivity index (χ0n) is 22.6. The molecule has 0 radical (unpaired) electrons. The van der Waals surface area contributed by atoms with Crippen LogP contribution in [0.15, 0.2) is 97.2 Å². The van der Waals surface area contributed by atoms with Crippen LogP contribution in [-0.4, -0.2) is 53.4 Å². The zero-order chi connectivity index (χ0) is 27.7. The van der Waals surface area contributed by atoms with Crippen LogP contribution in [0.5, 0.6) is 5.75 Å². The van der Waals surface area contributed by atoms with Crippen LogP contribution in [0.4, 0.5) is 0 Å². The number of piperidine rings is 1. The average molecular weight is 536 g/mol. The van der Waals surface area contributed by atoms with Crippen LogP contribution in [0.1, 0.15) is 24.0 Å². The molecule has 1 aromatic heterocycles. The predicted octanol–water partition coefficient (Wildman–Crippen LogP) is 5.59. The maximum atomic E-state index is 12.7. The largest absolute Gasteiger partial charge is 0.497 e. The van der Waals surface area contributed by atoms with Crippen molar-refractivity contribution in [2.24, 2.45) is 5.92 Å². The first kappa shape index (κ1) is 26.9. The fraction of sp³-hybridized carbons (Fsp3) is 0.242. The van der Waals surface area contributed by atoms with E-state index >= 15 is 0 Å². The Morgan fingerprint density at radius 3 is 2.27 bits per heavy atom. The number of nitrogens with zero attached hydrogens (tertiary/aromatic N) is 3. The zero-order valence-corrected chi connectivity index (χ0v) is 22.6. The van der Waals surface area contributed by atoms with Gasteiger partial charge in [0.15, 0.2) is 6.61 Å². The molecule has 204 valence electrons. The van der Waals surface area contributed by atoms with Crippen molar-refractivity contribution in [3.8, 4) is 22.7 Å². The summed E-state index contributed by atoms with van der Waals surface area (Å²) in [5.41, 5.74) is 4.58. The van der Waals surface area contributed by atoms with Crippen molar-refractivity contribution in [3.05, 3.63) is 108 Å². The number of carbonyl (C=O) groups is 2. The van der Waals surface area contributed by atoms with Crippen molar-refractivity contribution in [2.45, 2.75) is 19.3 Å². The molecule has 1 fully saturated rings. The molecule has 0 bridgehead atoms. The fourth-order valence-corrected chi connectivity index (χ4v) is 4.96. The minimum absolute atomic E-state index is 0.157. The van der Waals surface area contributed by atoms with Gasteiger partial charge in [0.25, 0.3) is 5.91 Å². The number of aromatic nitrogens is 2. The lowest BCUT2D eigenvalue weighted by molar-refractivity contribution is -0.148. The average Bonchev–Trinajstić information content (AvgIpc) is 3.44. The molecular weight excluding hydrogens is 502 g/mol. The molecule has 0 atom stereocenters. The lowest BCUT2D eigenvalue weighted by Crippen LogP contribution is -2.41. The van der Waals surface area contributed by atoms with Gasteiger partial charge in [-0.3, -0.25) is 4.79 Å². The minimum atomic E-state index is -0.569. The summed E-state index contributed by atoms with van der Waals surface area (Å²) < 4.78 is 12.4. The van der Waals surface area contributed by atoms with Crippen molar-refractivity contribution in [2.75, 3.05) is 26.8 Å². The first-order chi connectivity index (χ1) is 19.6. The highest BCUT2D eigenvalue weighted by atomic mass is 16.5. The third kappa shape index (κ3) is 6.86. The molecular formula is C33H33N3O4. The molecule has 0 unspecified atom stereocenters. The Morgan fingerprint density at radius 2 is 1.60 bits per heavy atom. The minimum Gasteiger partial charge on any atom is -0.497 e. The summed E-state index contributed by atoms with van der Waals surface area (Å²) in [6, 6.07) is 27.8. The molecule has 0 spiro atoms. The highest BCUT2D eigenvalue weighted by Gasteiger charge is 2.23. The van der Waals surface area contributed by atoms with Crippen LogP contribution in [0.2, 0.25) is 0 Å². The summed E-state index contributed by atoms with van der Waals surface area (Å²) in [6.07, 6.45) is 7.82. The summed E-state index contributed by atoms with van der Waals surface area (Å²) in [7, 11) is 1.62. The first-order valence-corrected chi connectivity index (χ1v) is 13.5. The topological polar surface area (TPSA) is 73.7 Å². The molecule has 0 saturated carbocycles. The lowest BCUT2D eigenvalue weighted by Gasteiger charge is -2.32. The number of hydrogen-bond donors (Lipinski definition) is 0. The van der Waals surface area contributed by atoms with Crippen molar-refractivity contribution in [1.82, 2.24) is 14.7 Å². The Hall–Kier alpha value is -4.65. The molecule has 4 aromatic rings. The number of likely N-dealkylation sites (tertiary alicyclic amines) is 1. The van der Waals surface area contributed by atoms with E-state index in [0.29, 0.717) is 24.7 Å². The Labute approximate surface area is 234 Å². The summed E-state index contributed by atoms with van der Waals surface area (Å²) in [5, 5.41) is 4.76. The second-order valence-corrected chi connectivity index (χ2v) is 9.90. The van der Waals surface area contributed by atoms with Crippen LogP contribution in [0, 0.1) is 5.92 Å². The van der Waals surface area contributed by atoms with Gasteiger partial charge in [0.2, 0.25) is 0 Å². The quantitative estimate of drug-likeness (QED) is 0.207. The summed E-state index contributed by atoms with van der Waals surface area (Å²) in [5.74, 6) is 0.585. The van der Waals surface area contributed by atoms with Crippen LogP contribution in [0.3, 0.4) is 0 Å². The van der Waals surface area contributed by atoms with Crippen molar-refractivity contribution in [3.63, 3.8) is 0 Å². The van der Waals surface area contributed by atoms with Gasteiger partial charge in [-0.15, -0.1) is 0 Å². The fourth-order valence-electron chi connectivity index (χ4n) is 4.96. The van der Waals surface area contributed by atoms with Gasteiger partial charge in [0.05, 0.1) is 18.5 Å². The normalized spacial score (nSPS) is 13.9. The molecule has 1 aliphatic rings. The summed E-state index contributed by atoms with van der Waals surface area (Å²) in [6.45, 7) is 1.11. The van der Waals surface area contributed by atoms with E-state index in [9.17, 15) is 9.59 Å². The molecule has 7 nitrogen and oxygen atoms in total. The number of hydrogen-bond acceptors (Lipinski definition) is 5. The van der Waals surface area contributed by atoms with Crippen molar-refractivity contribution >= 4 is 18.0 Å². The van der Waals surface area contributed by atoms with Gasteiger partial charge in [-0.1, -0.05) is 48.5 Å². The number of amides is 1. The smallest absolute Gasteiger partial charge is 0.331 e. The van der Waals surface area contributed by atoms with E-state index in [0.717, 1.165) is 41.8 Å². The Morgan fingerprint density at radius 1 is 0.925 bits per heavy atom. The molecule has 5 rings (SSSR count). The van der Waals surface area contributed by atoms with Crippen LogP contribution >= 0.6 is 0 Å². The van der Waals surface area contributed by atoms with Gasteiger partial charge in [0, 0.05) is 36.5 Å². The second kappa shape index (κ2) is 12.9. The maximum Gasteiger partial charge on any atom is 0.331 e. The van der Waals surface area contributed by atoms with Gasteiger partial charge in [-0.05, 0) is 73.2 Å². The Balaban J connectivity index is 1.19. The summed E-state index contributed by atoms with van der Waals surface area (Å²) >= 11 is 0. The van der Waals surface area contributed by atoms with Gasteiger partial charge >= 0.3 is 5.97 Å². The van der Waals surface area contributed by atoms with E-state index in [2.05, 4.69) is 24.3 Å². The van der Waals surface area contributed by atoms with E-state index in [1.165, 1.54) is 11.6 Å². The van der Waals surface area contributed by atoms with Gasteiger partial charge in [-0.25, -0.2) is 9.48 Å². The van der Waals surface area contributed by atoms with Gasteiger partial charge in [-0.2, -0.15) is 5.10 Å². The van der Waals surface area contributed by atoms with E-state index in [1.54, 1.807) is 22.8 Å². The Kier molecular flexibility index (Phi) is 8.71. The lowest BCUT2D eigenvalue weighted by atomic mass is 9.90. The third-order valence-corrected chi connectivity index (χ3v) is 7.20. The van der Waals surface area contributed by atoms with Crippen LogP contribution in [0.25, 0.3) is 23.0 Å². The monoisotopic (exact) mass is 535 g/mol. The third-order valence-electron chi connectivity index (χ3n) is 7.20. The number of methoxy groups -OCH3 is 1. The van der Waals surface area contributed by atoms with Crippen molar-refractivity contribution < 1.29 is 19.1 Å². The van der Waals surface area contributed by atoms with E-state index in [1.807, 2.05) is 66.9 Å². The molecule has 3 aromatic carbocycles. The highest BCUT2D eigenvalue weighted by Crippen LogP contribution is 2.27. The van der Waals surface area contributed by atoms with Crippen LogP contribution in [-0.2, 0) is 20.7 Å². The predicted molar refractivity (Wildman–Crippen MR) is 155 cm³/mol. The molecule has 0 aliphatic carbocycles. The number of carbonyl (C=O) groups excluding carboxylic acids is 2. The number of ether oxygens (including phenoxy) is 2. The molecule has 1 aliphatic heterocycles. The second-order valence-electron chi connectivity index (χ2n) is 9.90. The SMILES string of the molecule is COc1ccc(-c2nn(-c3ccccc3)cc2C=CC(=O)OCC(=O)N2CCC(Cc3ccccc3)CC2)cc1. The molecule has 2 heterocycles. The summed E-state index contributed by atoms with van der Waals surface area (Å²) in [4.78, 5) is 27.0. The van der Waals surface area contributed by atoms with Gasteiger partial charge < -0.3 is 14.4 Å². The maximum absolute atomic E-state index is 12.7. The number of rotatable bonds is 9. The molecule has 40 heavy (non-hydrogen) atoms. The highest BCUT2D eigenvalue weighted by molar-refractivity contribution is 5.90. The molecule has 7 heteroatoms. The number of esters is 1. The van der Waals surface area contributed by atoms with E-state index in [-0.39, 0.29) is 12.5 Å². The van der Waals surface area contributed by atoms with Crippen LogP contribution < -0.4 is 4.74 Å². The Bertz CT molecular complexity index is 1440. The standard InChI is InChI=1S/C33H33N3O4/c1-39-30-15-12-27(13-16-30)33-28(23-36(34-33)29-10-6-3-7-11-29)14-17-32(38)40-24-31(37)35-20-18-26(19-21-35)22-25-8-4-2-5-9-25/h2-17,23,26H,18-22,24H2,1H3. The van der Waals surface area contributed by atoms with E-state index < -0.39 is 5.97 Å². The molecule has 1 amide bonds. The number of para-hydroxylation sites is 1. The first-order valence-electron chi connectivity index (χ1n) is 13.5. The molecule has 1 saturated heterocycles. The van der Waals surface area contributed by atoms with Crippen molar-refractivity contribution in [1.29, 1.82) is 0 Å². The molecule has 0 N–H and O–H groups in total. The van der Waals surface area contributed by atoms with E-state index in [4.69, 9.17) is 14.6 Å². The van der Waals surface area contributed by atoms with Gasteiger partial charge in [0.1, 0.15) is 5.75 Å².